The minimum atomic E-state index is -0.421. The Morgan fingerprint density at radius 3 is 2.55 bits per heavy atom. The largest absolute Gasteiger partial charge is 0.455 e. The van der Waals surface area contributed by atoms with Gasteiger partial charge in [-0.25, -0.2) is 5.43 Å². The van der Waals surface area contributed by atoms with E-state index in [0.29, 0.717) is 22.6 Å². The van der Waals surface area contributed by atoms with Gasteiger partial charge < -0.3 is 4.42 Å². The molecule has 148 valence electrons. The van der Waals surface area contributed by atoms with Crippen LogP contribution in [0.25, 0.3) is 11.3 Å². The zero-order chi connectivity index (χ0) is 21.0. The lowest BCUT2D eigenvalue weighted by molar-refractivity contribution is -0.385. The zero-order valence-electron chi connectivity index (χ0n) is 16.4. The Bertz CT molecular complexity index is 1100. The van der Waals surface area contributed by atoms with Crippen LogP contribution in [0.4, 0.5) is 5.69 Å². The first-order chi connectivity index (χ1) is 13.8. The lowest BCUT2D eigenvalue weighted by Gasteiger charge is -2.04. The Hall–Kier alpha value is -3.74. The number of carbonyl (C=O) groups excluding carboxylic acids is 1. The molecule has 29 heavy (non-hydrogen) atoms. The van der Waals surface area contributed by atoms with E-state index < -0.39 is 4.92 Å². The Morgan fingerprint density at radius 1 is 1.07 bits per heavy atom. The summed E-state index contributed by atoms with van der Waals surface area (Å²) in [7, 11) is 0. The molecule has 0 saturated carbocycles. The number of nitrogens with zero attached hydrogens (tertiary/aromatic N) is 2. The first-order valence-electron chi connectivity index (χ1n) is 9.07. The van der Waals surface area contributed by atoms with Gasteiger partial charge in [0.15, 0.2) is 0 Å². The molecule has 0 saturated heterocycles. The topological polar surface area (TPSA) is 97.7 Å². The standard InChI is InChI=1S/C22H21N3O4/c1-14-4-6-17(10-16(14)3)11-22(26)24-23-13-19-8-9-21(29-19)18-7-5-15(2)20(12-18)25(27)28/h4-10,12-13H,11H2,1-3H3,(H,24,26)/b23-13-. The van der Waals surface area contributed by atoms with Crippen LogP contribution in [0.1, 0.15) is 28.0 Å². The first-order valence-corrected chi connectivity index (χ1v) is 9.07. The van der Waals surface area contributed by atoms with Gasteiger partial charge in [-0.15, -0.1) is 0 Å². The number of amides is 1. The van der Waals surface area contributed by atoms with Gasteiger partial charge in [0.05, 0.1) is 17.6 Å². The monoisotopic (exact) mass is 391 g/mol. The van der Waals surface area contributed by atoms with E-state index >= 15 is 0 Å². The molecule has 7 nitrogen and oxygen atoms in total. The second kappa shape index (κ2) is 8.52. The molecular weight excluding hydrogens is 370 g/mol. The highest BCUT2D eigenvalue weighted by atomic mass is 16.6. The number of aryl methyl sites for hydroxylation is 3. The van der Waals surface area contributed by atoms with Crippen LogP contribution in [0.5, 0.6) is 0 Å². The van der Waals surface area contributed by atoms with Crippen molar-refractivity contribution in [3.63, 3.8) is 0 Å². The van der Waals surface area contributed by atoms with Crippen molar-refractivity contribution < 1.29 is 14.1 Å². The van der Waals surface area contributed by atoms with Gasteiger partial charge in [0.2, 0.25) is 5.91 Å². The molecule has 7 heteroatoms. The van der Waals surface area contributed by atoms with Crippen LogP contribution in [0.3, 0.4) is 0 Å². The summed E-state index contributed by atoms with van der Waals surface area (Å²) in [6.07, 6.45) is 1.62. The number of hydrogen-bond donors (Lipinski definition) is 1. The summed E-state index contributed by atoms with van der Waals surface area (Å²) in [5.74, 6) is 0.677. The molecule has 3 aromatic rings. The van der Waals surface area contributed by atoms with Crippen LogP contribution in [-0.2, 0) is 11.2 Å². The van der Waals surface area contributed by atoms with Crippen molar-refractivity contribution in [2.75, 3.05) is 0 Å². The van der Waals surface area contributed by atoms with Gasteiger partial charge in [-0.2, -0.15) is 5.10 Å². The predicted octanol–water partition coefficient (Wildman–Crippen LogP) is 4.47. The number of nitrogens with one attached hydrogen (secondary N) is 1. The summed E-state index contributed by atoms with van der Waals surface area (Å²) < 4.78 is 5.65. The van der Waals surface area contributed by atoms with Crippen molar-refractivity contribution in [2.24, 2.45) is 5.10 Å². The summed E-state index contributed by atoms with van der Waals surface area (Å²) in [6, 6.07) is 14.2. The third kappa shape index (κ3) is 4.95. The molecule has 2 aromatic carbocycles. The van der Waals surface area contributed by atoms with E-state index in [1.807, 2.05) is 32.0 Å². The van der Waals surface area contributed by atoms with E-state index in [4.69, 9.17) is 4.42 Å². The molecule has 0 bridgehead atoms. The van der Waals surface area contributed by atoms with Crippen molar-refractivity contribution >= 4 is 17.8 Å². The highest BCUT2D eigenvalue weighted by Crippen LogP contribution is 2.27. The first kappa shape index (κ1) is 20.0. The number of nitro groups is 1. The number of hydrazone groups is 1. The molecule has 1 heterocycles. The highest BCUT2D eigenvalue weighted by molar-refractivity contribution is 5.82. The SMILES string of the molecule is Cc1ccc(CC(=O)N/N=C\c2ccc(-c3ccc(C)c([N+](=O)[O-])c3)o2)cc1C. The fourth-order valence-corrected chi connectivity index (χ4v) is 2.84. The van der Waals surface area contributed by atoms with E-state index in [2.05, 4.69) is 10.5 Å². The molecule has 0 aliphatic rings. The fourth-order valence-electron chi connectivity index (χ4n) is 2.84. The molecule has 3 rings (SSSR count). The van der Waals surface area contributed by atoms with Crippen molar-refractivity contribution in [1.29, 1.82) is 0 Å². The van der Waals surface area contributed by atoms with Crippen molar-refractivity contribution in [1.82, 2.24) is 5.43 Å². The van der Waals surface area contributed by atoms with Crippen LogP contribution in [0.15, 0.2) is 58.0 Å². The zero-order valence-corrected chi connectivity index (χ0v) is 16.4. The predicted molar refractivity (Wildman–Crippen MR) is 111 cm³/mol. The quantitative estimate of drug-likeness (QED) is 0.381. The van der Waals surface area contributed by atoms with Gasteiger partial charge in [-0.3, -0.25) is 14.9 Å². The smallest absolute Gasteiger partial charge is 0.273 e. The molecule has 0 spiro atoms. The summed E-state index contributed by atoms with van der Waals surface area (Å²) >= 11 is 0. The average molecular weight is 391 g/mol. The van der Waals surface area contributed by atoms with Crippen LogP contribution < -0.4 is 5.43 Å². The molecule has 0 aliphatic heterocycles. The molecule has 0 radical (unpaired) electrons. The van der Waals surface area contributed by atoms with E-state index in [0.717, 1.165) is 11.1 Å². The number of rotatable bonds is 6. The summed E-state index contributed by atoms with van der Waals surface area (Å²) in [5, 5.41) is 15.0. The molecule has 0 atom stereocenters. The molecule has 1 aromatic heterocycles. The summed E-state index contributed by atoms with van der Waals surface area (Å²) in [5.41, 5.74) is 6.93. The number of furan rings is 1. The van der Waals surface area contributed by atoms with Gasteiger partial charge in [0.1, 0.15) is 11.5 Å². The number of hydrogen-bond acceptors (Lipinski definition) is 5. The lowest BCUT2D eigenvalue weighted by Crippen LogP contribution is -2.19. The number of nitro benzene ring substituents is 1. The minimum absolute atomic E-state index is 0.0349. The van der Waals surface area contributed by atoms with Gasteiger partial charge in [0, 0.05) is 17.2 Å². The summed E-state index contributed by atoms with van der Waals surface area (Å²) in [6.45, 7) is 5.71. The molecule has 1 N–H and O–H groups in total. The maximum absolute atomic E-state index is 12.0. The number of carbonyl (C=O) groups is 1. The van der Waals surface area contributed by atoms with Gasteiger partial charge >= 0.3 is 0 Å². The van der Waals surface area contributed by atoms with Crippen molar-refractivity contribution in [2.45, 2.75) is 27.2 Å². The van der Waals surface area contributed by atoms with Crippen LogP contribution >= 0.6 is 0 Å². The van der Waals surface area contributed by atoms with Crippen LogP contribution in [0.2, 0.25) is 0 Å². The number of benzene rings is 2. The third-order valence-electron chi connectivity index (χ3n) is 4.63. The Labute approximate surface area is 168 Å². The van der Waals surface area contributed by atoms with E-state index in [1.54, 1.807) is 31.2 Å². The Kier molecular flexibility index (Phi) is 5.87. The van der Waals surface area contributed by atoms with E-state index in [1.165, 1.54) is 17.8 Å². The van der Waals surface area contributed by atoms with Gasteiger partial charge in [-0.1, -0.05) is 30.3 Å². The van der Waals surface area contributed by atoms with Crippen molar-refractivity contribution in [3.05, 3.63) is 86.7 Å². The summed E-state index contributed by atoms with van der Waals surface area (Å²) in [4.78, 5) is 22.7. The van der Waals surface area contributed by atoms with Crippen LogP contribution in [0, 0.1) is 30.9 Å². The van der Waals surface area contributed by atoms with E-state index in [9.17, 15) is 14.9 Å². The molecule has 0 aliphatic carbocycles. The van der Waals surface area contributed by atoms with E-state index in [-0.39, 0.29) is 18.0 Å². The normalized spacial score (nSPS) is 11.0. The maximum Gasteiger partial charge on any atom is 0.273 e. The van der Waals surface area contributed by atoms with Gasteiger partial charge in [0.25, 0.3) is 5.69 Å². The van der Waals surface area contributed by atoms with Crippen molar-refractivity contribution in [3.8, 4) is 11.3 Å². The molecular formula is C22H21N3O4. The fraction of sp³-hybridized carbons (Fsp3) is 0.182. The average Bonchev–Trinajstić information content (AvgIpc) is 3.14. The molecule has 1 amide bonds. The second-order valence-corrected chi connectivity index (χ2v) is 6.85. The second-order valence-electron chi connectivity index (χ2n) is 6.85. The van der Waals surface area contributed by atoms with Gasteiger partial charge in [-0.05, 0) is 49.6 Å². The Morgan fingerprint density at radius 2 is 1.83 bits per heavy atom. The van der Waals surface area contributed by atoms with Crippen LogP contribution in [-0.4, -0.2) is 17.0 Å². The maximum atomic E-state index is 12.0. The third-order valence-corrected chi connectivity index (χ3v) is 4.63. The minimum Gasteiger partial charge on any atom is -0.455 e. The Balaban J connectivity index is 1.63. The molecule has 0 fully saturated rings. The molecule has 0 unspecified atom stereocenters. The lowest BCUT2D eigenvalue weighted by atomic mass is 10.0. The highest BCUT2D eigenvalue weighted by Gasteiger charge is 2.13.